The molecule has 152 valence electrons. The second-order valence-corrected chi connectivity index (χ2v) is 8.02. The first-order valence-electron chi connectivity index (χ1n) is 9.82. The molecule has 3 aromatic rings. The van der Waals surface area contributed by atoms with Crippen LogP contribution in [0.4, 0.5) is 10.1 Å². The van der Waals surface area contributed by atoms with E-state index in [0.29, 0.717) is 35.6 Å². The van der Waals surface area contributed by atoms with E-state index in [4.69, 9.17) is 10.2 Å². The highest BCUT2D eigenvalue weighted by Gasteiger charge is 2.33. The Morgan fingerprint density at radius 3 is 2.83 bits per heavy atom. The van der Waals surface area contributed by atoms with Crippen molar-refractivity contribution in [2.24, 2.45) is 11.7 Å². The van der Waals surface area contributed by atoms with E-state index in [9.17, 15) is 9.59 Å². The number of aromatic amines is 1. The van der Waals surface area contributed by atoms with Crippen LogP contribution in [0.3, 0.4) is 0 Å². The number of rotatable bonds is 4. The van der Waals surface area contributed by atoms with E-state index in [1.54, 1.807) is 11.5 Å². The van der Waals surface area contributed by atoms with Crippen molar-refractivity contribution >= 4 is 16.6 Å². The number of nitrogens with two attached hydrogens (primary N) is 1. The molecule has 8 nitrogen and oxygen atoms in total. The topological polar surface area (TPSA) is 110 Å². The molecule has 9 heteroatoms. The van der Waals surface area contributed by atoms with Gasteiger partial charge in [-0.3, -0.25) is 14.3 Å². The monoisotopic (exact) mass is 399 g/mol. The summed E-state index contributed by atoms with van der Waals surface area (Å²) >= 11 is 0. The maximum absolute atomic E-state index is 15.1. The number of nitrogens with one attached hydrogen (secondary N) is 1. The maximum Gasteiger partial charge on any atom is 0.329 e. The predicted molar refractivity (Wildman–Crippen MR) is 106 cm³/mol. The molecule has 2 aromatic heterocycles. The molecule has 0 radical (unpaired) electrons. The summed E-state index contributed by atoms with van der Waals surface area (Å²) in [6.45, 7) is 2.98. The minimum Gasteiger partial charge on any atom is -0.451 e. The highest BCUT2D eigenvalue weighted by atomic mass is 19.1. The van der Waals surface area contributed by atoms with Gasteiger partial charge in [0.05, 0.1) is 28.3 Å². The zero-order valence-electron chi connectivity index (χ0n) is 16.0. The molecule has 5 rings (SSSR count). The first-order chi connectivity index (χ1) is 14.0. The van der Waals surface area contributed by atoms with Crippen molar-refractivity contribution in [2.75, 3.05) is 18.0 Å². The number of anilines is 1. The number of oxazole rings is 1. The lowest BCUT2D eigenvalue weighted by molar-refractivity contribution is 0.462. The Labute approximate surface area is 165 Å². The number of aryl methyl sites for hydroxylation is 1. The number of benzene rings is 1. The summed E-state index contributed by atoms with van der Waals surface area (Å²) < 4.78 is 21.8. The molecule has 2 fully saturated rings. The van der Waals surface area contributed by atoms with E-state index < -0.39 is 17.1 Å². The summed E-state index contributed by atoms with van der Waals surface area (Å²) in [4.78, 5) is 33.2. The van der Waals surface area contributed by atoms with Crippen LogP contribution in [0.25, 0.3) is 10.9 Å². The zero-order valence-corrected chi connectivity index (χ0v) is 16.0. The molecule has 1 aliphatic heterocycles. The third kappa shape index (κ3) is 2.88. The Hall–Kier alpha value is -2.94. The maximum atomic E-state index is 15.1. The molecule has 0 bridgehead atoms. The quantitative estimate of drug-likeness (QED) is 0.694. The fraction of sp³-hybridized carbons (Fsp3) is 0.450. The van der Waals surface area contributed by atoms with Crippen molar-refractivity contribution in [3.05, 3.63) is 56.6 Å². The lowest BCUT2D eigenvalue weighted by atomic mass is 9.97. The molecule has 0 spiro atoms. The van der Waals surface area contributed by atoms with Gasteiger partial charge >= 0.3 is 5.69 Å². The van der Waals surface area contributed by atoms with Gasteiger partial charge in [0, 0.05) is 24.7 Å². The highest BCUT2D eigenvalue weighted by Crippen LogP contribution is 2.40. The largest absolute Gasteiger partial charge is 0.451 e. The van der Waals surface area contributed by atoms with Gasteiger partial charge in [0.2, 0.25) is 0 Å². The normalized spacial score (nSPS) is 20.5. The van der Waals surface area contributed by atoms with E-state index in [1.807, 2.05) is 4.90 Å². The minimum atomic E-state index is -0.553. The molecule has 1 saturated heterocycles. The van der Waals surface area contributed by atoms with Gasteiger partial charge in [-0.15, -0.1) is 0 Å². The van der Waals surface area contributed by atoms with Crippen molar-refractivity contribution in [1.82, 2.24) is 14.5 Å². The molecule has 1 aromatic carbocycles. The average Bonchev–Trinajstić information content (AvgIpc) is 3.17. The number of aromatic nitrogens is 3. The Kier molecular flexibility index (Phi) is 4.09. The summed E-state index contributed by atoms with van der Waals surface area (Å²) in [6, 6.07) is 1.01. The number of H-pyrrole nitrogens is 1. The SMILES string of the molecule is Cc1c(N2CCC(C(N)c3cocn3)C2)c(F)cc2c(=O)[nH]c(=O)n(C3CC3)c12. The molecule has 0 amide bonds. The van der Waals surface area contributed by atoms with E-state index in [0.717, 1.165) is 19.3 Å². The summed E-state index contributed by atoms with van der Waals surface area (Å²) in [5.41, 5.74) is 7.61. The molecule has 1 aliphatic carbocycles. The van der Waals surface area contributed by atoms with Crippen LogP contribution >= 0.6 is 0 Å². The van der Waals surface area contributed by atoms with Crippen molar-refractivity contribution in [2.45, 2.75) is 38.3 Å². The molecule has 2 aliphatic rings. The molecular weight excluding hydrogens is 377 g/mol. The van der Waals surface area contributed by atoms with E-state index in [2.05, 4.69) is 9.97 Å². The van der Waals surface area contributed by atoms with Gasteiger partial charge in [0.1, 0.15) is 12.1 Å². The van der Waals surface area contributed by atoms with Crippen LogP contribution in [0.2, 0.25) is 0 Å². The third-order valence-corrected chi connectivity index (χ3v) is 6.14. The zero-order chi connectivity index (χ0) is 20.3. The van der Waals surface area contributed by atoms with Gasteiger partial charge in [-0.2, -0.15) is 0 Å². The van der Waals surface area contributed by atoms with Crippen molar-refractivity contribution in [3.8, 4) is 0 Å². The van der Waals surface area contributed by atoms with Crippen LogP contribution in [0.15, 0.2) is 32.7 Å². The predicted octanol–water partition coefficient (Wildman–Crippen LogP) is 1.99. The van der Waals surface area contributed by atoms with Crippen LogP contribution in [0.5, 0.6) is 0 Å². The fourth-order valence-electron chi connectivity index (χ4n) is 4.55. The number of halogens is 1. The second kappa shape index (κ2) is 6.55. The first kappa shape index (κ1) is 18.1. The van der Waals surface area contributed by atoms with Crippen LogP contribution in [0, 0.1) is 18.7 Å². The lowest BCUT2D eigenvalue weighted by Crippen LogP contribution is -2.31. The van der Waals surface area contributed by atoms with Gasteiger partial charge in [0.15, 0.2) is 6.39 Å². The molecule has 2 unspecified atom stereocenters. The molecule has 1 saturated carbocycles. The number of nitrogens with zero attached hydrogens (tertiary/aromatic N) is 3. The molecule has 2 atom stereocenters. The summed E-state index contributed by atoms with van der Waals surface area (Å²) in [5, 5.41) is 0.213. The Balaban J connectivity index is 1.58. The molecule has 29 heavy (non-hydrogen) atoms. The van der Waals surface area contributed by atoms with Crippen molar-refractivity contribution in [3.63, 3.8) is 0 Å². The van der Waals surface area contributed by atoms with Crippen LogP contribution in [-0.4, -0.2) is 27.6 Å². The highest BCUT2D eigenvalue weighted by molar-refractivity contribution is 5.87. The van der Waals surface area contributed by atoms with Gasteiger partial charge in [0.25, 0.3) is 5.56 Å². The van der Waals surface area contributed by atoms with E-state index in [-0.39, 0.29) is 23.4 Å². The fourth-order valence-corrected chi connectivity index (χ4v) is 4.55. The van der Waals surface area contributed by atoms with Crippen molar-refractivity contribution < 1.29 is 8.81 Å². The number of hydrogen-bond acceptors (Lipinski definition) is 6. The molecule has 3 heterocycles. The molecule has 3 N–H and O–H groups in total. The smallest absolute Gasteiger partial charge is 0.329 e. The number of fused-ring (bicyclic) bond motifs is 1. The summed E-state index contributed by atoms with van der Waals surface area (Å²) in [6.07, 6.45) is 5.44. The van der Waals surface area contributed by atoms with Crippen LogP contribution in [0.1, 0.15) is 42.6 Å². The second-order valence-electron chi connectivity index (χ2n) is 8.02. The lowest BCUT2D eigenvalue weighted by Gasteiger charge is -2.24. The number of hydrogen-bond donors (Lipinski definition) is 2. The summed E-state index contributed by atoms with van der Waals surface area (Å²) in [5.74, 6) is -0.364. The minimum absolute atomic E-state index is 0.0609. The van der Waals surface area contributed by atoms with Crippen LogP contribution < -0.4 is 21.9 Å². The Morgan fingerprint density at radius 2 is 2.14 bits per heavy atom. The molecular formula is C20H22FN5O3. The van der Waals surface area contributed by atoms with Gasteiger partial charge in [-0.1, -0.05) is 0 Å². The van der Waals surface area contributed by atoms with Crippen molar-refractivity contribution in [1.29, 1.82) is 0 Å². The summed E-state index contributed by atoms with van der Waals surface area (Å²) in [7, 11) is 0. The first-order valence-corrected chi connectivity index (χ1v) is 9.82. The van der Waals surface area contributed by atoms with E-state index in [1.165, 1.54) is 18.7 Å². The third-order valence-electron chi connectivity index (χ3n) is 6.14. The van der Waals surface area contributed by atoms with Gasteiger partial charge in [-0.05, 0) is 38.2 Å². The van der Waals surface area contributed by atoms with E-state index >= 15 is 4.39 Å². The standard InChI is InChI=1S/C20H22FN5O3/c1-10-17-13(19(27)24-20(28)26(17)12-2-3-12)6-14(21)18(10)25-5-4-11(7-25)16(22)15-8-29-9-23-15/h6,8-9,11-12,16H,2-5,7,22H2,1H3,(H,24,27,28). The Bertz CT molecular complexity index is 1200. The average molecular weight is 399 g/mol. The van der Waals surface area contributed by atoms with Crippen LogP contribution in [-0.2, 0) is 0 Å². The Morgan fingerprint density at radius 1 is 1.34 bits per heavy atom. The van der Waals surface area contributed by atoms with Gasteiger partial charge < -0.3 is 15.1 Å². The van der Waals surface area contributed by atoms with Gasteiger partial charge in [-0.25, -0.2) is 14.2 Å².